The molecule has 8 nitrogen and oxygen atoms in total. The molecule has 0 saturated carbocycles. The summed E-state index contributed by atoms with van der Waals surface area (Å²) in [4.78, 5) is 20.3. The van der Waals surface area contributed by atoms with E-state index >= 15 is 0 Å². The number of rotatable bonds is 5. The quantitative estimate of drug-likeness (QED) is 0.447. The molecule has 0 spiro atoms. The van der Waals surface area contributed by atoms with Gasteiger partial charge in [0.05, 0.1) is 43.2 Å². The Kier molecular flexibility index (Phi) is 5.05. The predicted octanol–water partition coefficient (Wildman–Crippen LogP) is 4.79. The zero-order chi connectivity index (χ0) is 22.2. The number of ether oxygens (including phenoxy) is 2. The molecule has 32 heavy (non-hydrogen) atoms. The van der Waals surface area contributed by atoms with Crippen LogP contribution in [0.5, 0.6) is 11.5 Å². The van der Waals surface area contributed by atoms with Crippen LogP contribution in [0.4, 0.5) is 0 Å². The number of hydrogen-bond donors (Lipinski definition) is 0. The van der Waals surface area contributed by atoms with Crippen LogP contribution in [0.25, 0.3) is 22.6 Å². The van der Waals surface area contributed by atoms with Gasteiger partial charge in [-0.2, -0.15) is 0 Å². The zero-order valence-corrected chi connectivity index (χ0v) is 18.1. The van der Waals surface area contributed by atoms with E-state index < -0.39 is 0 Å². The number of nitrogens with zero attached hydrogens (tertiary/aromatic N) is 3. The Balaban J connectivity index is 1.59. The largest absolute Gasteiger partial charge is 0.497 e. The minimum absolute atomic E-state index is 0.100. The second kappa shape index (κ2) is 8.03. The van der Waals surface area contributed by atoms with Gasteiger partial charge in [-0.15, -0.1) is 0 Å². The summed E-state index contributed by atoms with van der Waals surface area (Å²) in [5.74, 6) is 1.87. The van der Waals surface area contributed by atoms with Crippen LogP contribution in [0.2, 0.25) is 0 Å². The highest BCUT2D eigenvalue weighted by Crippen LogP contribution is 2.40. The van der Waals surface area contributed by atoms with Gasteiger partial charge < -0.3 is 23.3 Å². The Morgan fingerprint density at radius 1 is 1.19 bits per heavy atom. The van der Waals surface area contributed by atoms with Crippen molar-refractivity contribution < 1.29 is 23.2 Å². The summed E-state index contributed by atoms with van der Waals surface area (Å²) in [6, 6.07) is 10.9. The van der Waals surface area contributed by atoms with Crippen molar-refractivity contribution in [3.05, 3.63) is 59.5 Å². The normalized spacial score (nSPS) is 16.0. The molecule has 1 atom stereocenters. The van der Waals surface area contributed by atoms with Crippen LogP contribution >= 0.6 is 0 Å². The van der Waals surface area contributed by atoms with Crippen molar-refractivity contribution in [3.8, 4) is 23.0 Å². The maximum Gasteiger partial charge on any atom is 0.259 e. The Morgan fingerprint density at radius 2 is 2.06 bits per heavy atom. The van der Waals surface area contributed by atoms with Gasteiger partial charge in [0.25, 0.3) is 11.6 Å². The molecule has 1 aliphatic rings. The van der Waals surface area contributed by atoms with Gasteiger partial charge in [-0.05, 0) is 50.1 Å². The smallest absolute Gasteiger partial charge is 0.259 e. The highest BCUT2D eigenvalue weighted by Gasteiger charge is 2.34. The van der Waals surface area contributed by atoms with Crippen molar-refractivity contribution in [2.45, 2.75) is 25.8 Å². The lowest BCUT2D eigenvalue weighted by Gasteiger charge is -2.27. The van der Waals surface area contributed by atoms with Crippen molar-refractivity contribution in [2.24, 2.45) is 0 Å². The average Bonchev–Trinajstić information content (AvgIpc) is 3.59. The number of pyridine rings is 1. The first-order valence-corrected chi connectivity index (χ1v) is 10.4. The van der Waals surface area contributed by atoms with Crippen molar-refractivity contribution in [1.82, 2.24) is 15.0 Å². The van der Waals surface area contributed by atoms with Gasteiger partial charge in [-0.1, -0.05) is 5.16 Å². The minimum Gasteiger partial charge on any atom is -0.497 e. The van der Waals surface area contributed by atoms with Gasteiger partial charge in [0, 0.05) is 18.2 Å². The summed E-state index contributed by atoms with van der Waals surface area (Å²) in [5, 5.41) is 4.66. The molecule has 0 bridgehead atoms. The molecule has 4 aromatic rings. The van der Waals surface area contributed by atoms with Gasteiger partial charge in [-0.25, -0.2) is 4.98 Å². The third kappa shape index (κ3) is 3.28. The molecule has 8 heteroatoms. The maximum absolute atomic E-state index is 13.9. The SMILES string of the molecule is COc1ccc(C2CCCN2C(=O)c2cc(-c3ccco3)nc3onc(C)c23)c(OC)c1. The summed E-state index contributed by atoms with van der Waals surface area (Å²) in [6.45, 7) is 2.45. The van der Waals surface area contributed by atoms with E-state index in [9.17, 15) is 4.79 Å². The first-order valence-electron chi connectivity index (χ1n) is 10.4. The molecule has 5 rings (SSSR count). The topological polar surface area (TPSA) is 90.8 Å². The molecule has 1 amide bonds. The summed E-state index contributed by atoms with van der Waals surface area (Å²) in [7, 11) is 3.24. The van der Waals surface area contributed by atoms with Gasteiger partial charge >= 0.3 is 0 Å². The Labute approximate surface area is 184 Å². The number of carbonyl (C=O) groups excluding carboxylic acids is 1. The highest BCUT2D eigenvalue weighted by molar-refractivity contribution is 6.07. The van der Waals surface area contributed by atoms with Crippen molar-refractivity contribution >= 4 is 17.0 Å². The monoisotopic (exact) mass is 433 g/mol. The number of furan rings is 1. The van der Waals surface area contributed by atoms with E-state index in [1.54, 1.807) is 38.7 Å². The van der Waals surface area contributed by atoms with E-state index in [2.05, 4.69) is 10.1 Å². The number of likely N-dealkylation sites (tertiary alicyclic amines) is 1. The predicted molar refractivity (Wildman–Crippen MR) is 117 cm³/mol. The Hall–Kier alpha value is -3.81. The number of aromatic nitrogens is 2. The number of methoxy groups -OCH3 is 2. The standard InChI is InChI=1S/C24H23N3O5/c1-14-22-17(13-18(20-7-5-11-31-20)25-23(22)32-26-14)24(28)27-10-4-6-19(27)16-9-8-15(29-2)12-21(16)30-3/h5,7-9,11-13,19H,4,6,10H2,1-3H3. The second-order valence-corrected chi connectivity index (χ2v) is 7.74. The Morgan fingerprint density at radius 3 is 2.81 bits per heavy atom. The molecule has 1 aromatic carbocycles. The number of amides is 1. The average molecular weight is 433 g/mol. The maximum atomic E-state index is 13.9. The molecule has 1 fully saturated rings. The van der Waals surface area contributed by atoms with E-state index in [1.165, 1.54) is 0 Å². The lowest BCUT2D eigenvalue weighted by molar-refractivity contribution is 0.0736. The van der Waals surface area contributed by atoms with Crippen molar-refractivity contribution in [3.63, 3.8) is 0 Å². The number of aryl methyl sites for hydroxylation is 1. The van der Waals surface area contributed by atoms with Crippen molar-refractivity contribution in [1.29, 1.82) is 0 Å². The molecule has 1 saturated heterocycles. The van der Waals surface area contributed by atoms with Crippen LogP contribution in [0.1, 0.15) is 40.5 Å². The Bertz CT molecular complexity index is 1280. The van der Waals surface area contributed by atoms with E-state index in [4.69, 9.17) is 18.4 Å². The molecule has 0 aliphatic carbocycles. The first kappa shape index (κ1) is 20.1. The van der Waals surface area contributed by atoms with Crippen LogP contribution < -0.4 is 9.47 Å². The molecular formula is C24H23N3O5. The number of carbonyl (C=O) groups is 1. The highest BCUT2D eigenvalue weighted by atomic mass is 16.5. The number of hydrogen-bond acceptors (Lipinski definition) is 7. The number of fused-ring (bicyclic) bond motifs is 1. The van der Waals surface area contributed by atoms with Gasteiger partial charge in [0.1, 0.15) is 17.2 Å². The fourth-order valence-electron chi connectivity index (χ4n) is 4.40. The fourth-order valence-corrected chi connectivity index (χ4v) is 4.40. The molecule has 164 valence electrons. The van der Waals surface area contributed by atoms with E-state index in [1.807, 2.05) is 30.0 Å². The van der Waals surface area contributed by atoms with Crippen molar-refractivity contribution in [2.75, 3.05) is 20.8 Å². The van der Waals surface area contributed by atoms with Crippen LogP contribution in [-0.4, -0.2) is 41.7 Å². The van der Waals surface area contributed by atoms with E-state index in [-0.39, 0.29) is 11.9 Å². The minimum atomic E-state index is -0.112. The fraction of sp³-hybridized carbons (Fsp3) is 0.292. The molecule has 3 aromatic heterocycles. The van der Waals surface area contributed by atoms with E-state index in [0.29, 0.717) is 51.9 Å². The molecule has 1 aliphatic heterocycles. The molecule has 0 N–H and O–H groups in total. The summed E-state index contributed by atoms with van der Waals surface area (Å²) < 4.78 is 21.8. The third-order valence-corrected chi connectivity index (χ3v) is 5.93. The van der Waals surface area contributed by atoms with Crippen LogP contribution in [-0.2, 0) is 0 Å². The van der Waals surface area contributed by atoms with Gasteiger partial charge in [-0.3, -0.25) is 4.79 Å². The van der Waals surface area contributed by atoms with Crippen LogP contribution in [0.3, 0.4) is 0 Å². The second-order valence-electron chi connectivity index (χ2n) is 7.74. The molecule has 0 radical (unpaired) electrons. The van der Waals surface area contributed by atoms with Gasteiger partial charge in [0.2, 0.25) is 0 Å². The number of benzene rings is 1. The molecular weight excluding hydrogens is 410 g/mol. The van der Waals surface area contributed by atoms with Crippen LogP contribution in [0.15, 0.2) is 51.6 Å². The van der Waals surface area contributed by atoms with Crippen LogP contribution in [0, 0.1) is 6.92 Å². The van der Waals surface area contributed by atoms with Gasteiger partial charge in [0.15, 0.2) is 5.76 Å². The first-order chi connectivity index (χ1) is 15.6. The van der Waals surface area contributed by atoms with E-state index in [0.717, 1.165) is 18.4 Å². The lowest BCUT2D eigenvalue weighted by atomic mass is 10.0. The molecule has 1 unspecified atom stereocenters. The summed E-state index contributed by atoms with van der Waals surface area (Å²) >= 11 is 0. The zero-order valence-electron chi connectivity index (χ0n) is 18.1. The molecule has 4 heterocycles. The lowest BCUT2D eigenvalue weighted by Crippen LogP contribution is -2.31. The third-order valence-electron chi connectivity index (χ3n) is 5.93. The summed E-state index contributed by atoms with van der Waals surface area (Å²) in [6.07, 6.45) is 3.31. The summed E-state index contributed by atoms with van der Waals surface area (Å²) in [5.41, 5.74) is 2.93.